The molecule has 0 aromatic carbocycles. The summed E-state index contributed by atoms with van der Waals surface area (Å²) in [6.07, 6.45) is 3.63. The van der Waals surface area contributed by atoms with Crippen LogP contribution in [-0.2, 0) is 18.3 Å². The first-order valence-electron chi connectivity index (χ1n) is 6.16. The molecule has 0 spiro atoms. The molecule has 0 aromatic rings. The summed E-state index contributed by atoms with van der Waals surface area (Å²) in [4.78, 5) is 10.4. The Morgan fingerprint density at radius 3 is 1.78 bits per heavy atom. The van der Waals surface area contributed by atoms with Gasteiger partial charge in [-0.05, 0) is 19.3 Å². The molecule has 0 radical (unpaired) electrons. The number of phosphoric ester groups is 1. The first-order valence-corrected chi connectivity index (χ1v) is 7.62. The third-order valence-electron chi connectivity index (χ3n) is 3.01. The largest absolute Gasteiger partial charge is 0.756 e. The van der Waals surface area contributed by atoms with E-state index in [4.69, 9.17) is 0 Å². The van der Waals surface area contributed by atoms with E-state index < -0.39 is 7.82 Å². The molecule has 7 heteroatoms. The van der Waals surface area contributed by atoms with Crippen molar-refractivity contribution >= 4 is 7.82 Å². The number of hydrogen-bond acceptors (Lipinski definition) is 5. The molecule has 3 N–H and O–H groups in total. The third-order valence-corrected chi connectivity index (χ3v) is 3.96. The Bertz CT molecular complexity index is 225. The highest BCUT2D eigenvalue weighted by molar-refractivity contribution is 7.45. The molecule has 0 aliphatic carbocycles. The van der Waals surface area contributed by atoms with Gasteiger partial charge in [0.15, 0.2) is 0 Å². The molecule has 0 amide bonds. The second kappa shape index (κ2) is 10.9. The van der Waals surface area contributed by atoms with Crippen LogP contribution in [0.1, 0.15) is 40.0 Å². The van der Waals surface area contributed by atoms with Crippen molar-refractivity contribution < 1.29 is 29.0 Å². The Hall–Kier alpha value is 0.0300. The lowest BCUT2D eigenvalue weighted by molar-refractivity contribution is -0.480. The number of phosphoric acid groups is 1. The van der Waals surface area contributed by atoms with Gasteiger partial charge in [0.25, 0.3) is 7.82 Å². The topological polar surface area (TPSA) is 95.5 Å². The standard InChI is InChI=1S/C7H17N.C4H11O5P/c1-4-7(8,5-2)6-3;1-7-3-4-9-10(5,6)8-2/h4-6,8H2,1-3H3;3-4H2,1-2H3,(H,5,6). The van der Waals surface area contributed by atoms with Gasteiger partial charge in [0, 0.05) is 14.2 Å². The van der Waals surface area contributed by atoms with E-state index in [0.29, 0.717) is 5.54 Å². The molecule has 0 bridgehead atoms. The highest BCUT2D eigenvalue weighted by Gasteiger charge is 2.20. The van der Waals surface area contributed by atoms with Crippen molar-refractivity contribution in [3.05, 3.63) is 0 Å². The summed E-state index contributed by atoms with van der Waals surface area (Å²) in [5.74, 6) is 0. The molecule has 0 rings (SSSR count). The number of quaternary nitrogens is 1. The fraction of sp³-hybridized carbons (Fsp3) is 1.00. The molecule has 0 aliphatic heterocycles. The van der Waals surface area contributed by atoms with Crippen molar-refractivity contribution in [3.63, 3.8) is 0 Å². The predicted molar refractivity (Wildman–Crippen MR) is 68.9 cm³/mol. The van der Waals surface area contributed by atoms with Gasteiger partial charge >= 0.3 is 0 Å². The molecule has 0 aliphatic rings. The van der Waals surface area contributed by atoms with E-state index >= 15 is 0 Å². The molecular formula is C11H28NO5P. The van der Waals surface area contributed by atoms with Crippen LogP contribution in [0, 0.1) is 0 Å². The summed E-state index contributed by atoms with van der Waals surface area (Å²) in [5.41, 5.74) is 4.50. The lowest BCUT2D eigenvalue weighted by Gasteiger charge is -2.19. The van der Waals surface area contributed by atoms with Crippen molar-refractivity contribution in [3.8, 4) is 0 Å². The molecule has 6 nitrogen and oxygen atoms in total. The van der Waals surface area contributed by atoms with Crippen LogP contribution in [0.4, 0.5) is 0 Å². The van der Waals surface area contributed by atoms with Gasteiger partial charge in [-0.3, -0.25) is 4.57 Å². The molecule has 1 atom stereocenters. The first-order chi connectivity index (χ1) is 8.30. The average molecular weight is 285 g/mol. The van der Waals surface area contributed by atoms with Crippen LogP contribution in [-0.4, -0.2) is 33.0 Å². The Balaban J connectivity index is 0. The van der Waals surface area contributed by atoms with E-state index in [0.717, 1.165) is 7.11 Å². The number of hydrogen-bond donors (Lipinski definition) is 1. The van der Waals surface area contributed by atoms with Crippen molar-refractivity contribution in [1.82, 2.24) is 0 Å². The van der Waals surface area contributed by atoms with E-state index in [1.165, 1.54) is 26.4 Å². The van der Waals surface area contributed by atoms with E-state index in [9.17, 15) is 9.46 Å². The second-order valence-corrected chi connectivity index (χ2v) is 5.53. The number of rotatable bonds is 8. The summed E-state index contributed by atoms with van der Waals surface area (Å²) in [6.45, 7) is 6.85. The van der Waals surface area contributed by atoms with Crippen molar-refractivity contribution in [1.29, 1.82) is 0 Å². The monoisotopic (exact) mass is 285 g/mol. The molecular weight excluding hydrogens is 257 g/mol. The minimum absolute atomic E-state index is 0.00881. The Morgan fingerprint density at radius 2 is 1.56 bits per heavy atom. The lowest BCUT2D eigenvalue weighted by Crippen LogP contribution is -2.71. The normalized spacial score (nSPS) is 14.6. The quantitative estimate of drug-likeness (QED) is 0.529. The van der Waals surface area contributed by atoms with Crippen LogP contribution < -0.4 is 10.6 Å². The zero-order valence-electron chi connectivity index (χ0n) is 12.2. The number of methoxy groups -OCH3 is 1. The van der Waals surface area contributed by atoms with Crippen LogP contribution in [0.25, 0.3) is 0 Å². The van der Waals surface area contributed by atoms with Gasteiger partial charge in [0.1, 0.15) is 0 Å². The van der Waals surface area contributed by atoms with Crippen LogP contribution in [0.3, 0.4) is 0 Å². The molecule has 0 fully saturated rings. The molecule has 0 saturated carbocycles. The van der Waals surface area contributed by atoms with E-state index in [1.54, 1.807) is 0 Å². The molecule has 1 unspecified atom stereocenters. The molecule has 0 heterocycles. The van der Waals surface area contributed by atoms with Crippen molar-refractivity contribution in [2.45, 2.75) is 45.6 Å². The minimum Gasteiger partial charge on any atom is -0.756 e. The summed E-state index contributed by atoms with van der Waals surface area (Å²) < 4.78 is 23.2. The first kappa shape index (κ1) is 20.3. The van der Waals surface area contributed by atoms with Gasteiger partial charge < -0.3 is 24.4 Å². The fourth-order valence-corrected chi connectivity index (χ4v) is 1.44. The highest BCUT2D eigenvalue weighted by atomic mass is 31.2. The van der Waals surface area contributed by atoms with Crippen LogP contribution in [0.15, 0.2) is 0 Å². The maximum atomic E-state index is 10.4. The zero-order chi connectivity index (χ0) is 14.7. The van der Waals surface area contributed by atoms with Gasteiger partial charge in [0.05, 0.1) is 18.8 Å². The molecule has 0 saturated heterocycles. The maximum Gasteiger partial charge on any atom is 0.267 e. The van der Waals surface area contributed by atoms with Crippen molar-refractivity contribution in [2.75, 3.05) is 27.4 Å². The van der Waals surface area contributed by atoms with Crippen LogP contribution >= 0.6 is 7.82 Å². The average Bonchev–Trinajstić information content (AvgIpc) is 2.39. The summed E-state index contributed by atoms with van der Waals surface area (Å²) in [7, 11) is -1.54. The number of ether oxygens (including phenoxy) is 1. The Labute approximate surface area is 110 Å². The fourth-order valence-electron chi connectivity index (χ4n) is 1.04. The molecule has 0 aromatic heterocycles. The summed E-state index contributed by atoms with van der Waals surface area (Å²) >= 11 is 0. The predicted octanol–water partition coefficient (Wildman–Crippen LogP) is 0.961. The zero-order valence-corrected chi connectivity index (χ0v) is 13.1. The smallest absolute Gasteiger partial charge is 0.267 e. The highest BCUT2D eigenvalue weighted by Crippen LogP contribution is 2.36. The van der Waals surface area contributed by atoms with E-state index in [2.05, 4.69) is 40.3 Å². The summed E-state index contributed by atoms with van der Waals surface area (Å²) in [5, 5.41) is 0. The maximum absolute atomic E-state index is 10.4. The third kappa shape index (κ3) is 11.1. The summed E-state index contributed by atoms with van der Waals surface area (Å²) in [6, 6.07) is 0. The van der Waals surface area contributed by atoms with E-state index in [-0.39, 0.29) is 13.2 Å². The van der Waals surface area contributed by atoms with E-state index in [1.807, 2.05) is 0 Å². The van der Waals surface area contributed by atoms with Gasteiger partial charge in [-0.2, -0.15) is 0 Å². The second-order valence-electron chi connectivity index (χ2n) is 4.02. The molecule has 18 heavy (non-hydrogen) atoms. The van der Waals surface area contributed by atoms with Gasteiger partial charge in [-0.15, -0.1) is 0 Å². The van der Waals surface area contributed by atoms with Gasteiger partial charge in [-0.25, -0.2) is 0 Å². The van der Waals surface area contributed by atoms with Crippen LogP contribution in [0.5, 0.6) is 0 Å². The Morgan fingerprint density at radius 1 is 1.11 bits per heavy atom. The Kier molecular flexibility index (Phi) is 12.3. The van der Waals surface area contributed by atoms with Crippen molar-refractivity contribution in [2.24, 2.45) is 0 Å². The van der Waals surface area contributed by atoms with Gasteiger partial charge in [0.2, 0.25) is 0 Å². The SMILES string of the molecule is CCC([NH3+])(CC)CC.COCCOP(=O)([O-])OC. The lowest BCUT2D eigenvalue weighted by atomic mass is 9.92. The molecule has 112 valence electrons. The van der Waals surface area contributed by atoms with Crippen LogP contribution in [0.2, 0.25) is 0 Å². The van der Waals surface area contributed by atoms with Gasteiger partial charge in [-0.1, -0.05) is 20.8 Å². The minimum atomic E-state index is -4.03.